The first-order valence-electron chi connectivity index (χ1n) is 6.24. The van der Waals surface area contributed by atoms with Crippen LogP contribution in [0.5, 0.6) is 5.75 Å². The van der Waals surface area contributed by atoms with Crippen LogP contribution in [-0.2, 0) is 4.74 Å². The predicted molar refractivity (Wildman–Crippen MR) is 71.3 cm³/mol. The van der Waals surface area contributed by atoms with Crippen molar-refractivity contribution in [3.05, 3.63) is 29.8 Å². The van der Waals surface area contributed by atoms with Crippen LogP contribution in [0, 0.1) is 0 Å². The lowest BCUT2D eigenvalue weighted by Gasteiger charge is -2.10. The van der Waals surface area contributed by atoms with Gasteiger partial charge < -0.3 is 14.8 Å². The number of hydrogen-bond acceptors (Lipinski definition) is 4. The predicted octanol–water partition coefficient (Wildman–Crippen LogP) is 1.89. The van der Waals surface area contributed by atoms with Gasteiger partial charge in [0.25, 0.3) is 0 Å². The van der Waals surface area contributed by atoms with Gasteiger partial charge in [-0.3, -0.25) is 4.79 Å². The van der Waals surface area contributed by atoms with Crippen LogP contribution in [0.3, 0.4) is 0 Å². The van der Waals surface area contributed by atoms with Gasteiger partial charge in [-0.1, -0.05) is 19.1 Å². The molecule has 4 nitrogen and oxygen atoms in total. The van der Waals surface area contributed by atoms with Gasteiger partial charge >= 0.3 is 0 Å². The zero-order valence-corrected chi connectivity index (χ0v) is 11.1. The fourth-order valence-electron chi connectivity index (χ4n) is 1.57. The van der Waals surface area contributed by atoms with Crippen LogP contribution in [0.4, 0.5) is 0 Å². The zero-order valence-electron chi connectivity index (χ0n) is 11.1. The third-order valence-corrected chi connectivity index (χ3v) is 2.51. The van der Waals surface area contributed by atoms with Crippen molar-refractivity contribution in [2.24, 2.45) is 0 Å². The van der Waals surface area contributed by atoms with Crippen LogP contribution in [0.2, 0.25) is 0 Å². The van der Waals surface area contributed by atoms with Crippen molar-refractivity contribution in [2.75, 3.05) is 33.4 Å². The van der Waals surface area contributed by atoms with Gasteiger partial charge in [-0.25, -0.2) is 0 Å². The summed E-state index contributed by atoms with van der Waals surface area (Å²) in [5.74, 6) is 0.736. The molecule has 1 aromatic carbocycles. The number of ketones is 1. The topological polar surface area (TPSA) is 47.6 Å². The number of carbonyl (C=O) groups is 1. The summed E-state index contributed by atoms with van der Waals surface area (Å²) in [6.07, 6.45) is 0.485. The summed E-state index contributed by atoms with van der Waals surface area (Å²) in [5, 5.41) is 3.14. The van der Waals surface area contributed by atoms with Gasteiger partial charge in [-0.15, -0.1) is 0 Å². The smallest absolute Gasteiger partial charge is 0.167 e. The van der Waals surface area contributed by atoms with Gasteiger partial charge in [0, 0.05) is 20.1 Å². The molecule has 0 saturated heterocycles. The Morgan fingerprint density at radius 2 is 2.06 bits per heavy atom. The van der Waals surface area contributed by atoms with Crippen LogP contribution in [0.25, 0.3) is 0 Å². The van der Waals surface area contributed by atoms with E-state index >= 15 is 0 Å². The van der Waals surface area contributed by atoms with E-state index in [1.165, 1.54) is 0 Å². The summed E-state index contributed by atoms with van der Waals surface area (Å²) < 4.78 is 10.5. The van der Waals surface area contributed by atoms with E-state index in [4.69, 9.17) is 9.47 Å². The summed E-state index contributed by atoms with van der Waals surface area (Å²) >= 11 is 0. The summed E-state index contributed by atoms with van der Waals surface area (Å²) in [4.78, 5) is 12.0. The molecule has 0 amide bonds. The molecular formula is C14H21NO3. The Hall–Kier alpha value is -1.39. The Kier molecular flexibility index (Phi) is 7.06. The molecule has 0 aromatic heterocycles. The lowest BCUT2D eigenvalue weighted by atomic mass is 10.1. The molecular weight excluding hydrogens is 230 g/mol. The van der Waals surface area contributed by atoms with Gasteiger partial charge in [-0.05, 0) is 18.7 Å². The van der Waals surface area contributed by atoms with Crippen molar-refractivity contribution >= 4 is 5.78 Å². The summed E-state index contributed by atoms with van der Waals surface area (Å²) in [6.45, 7) is 4.56. The lowest BCUT2D eigenvalue weighted by Crippen LogP contribution is -2.18. The largest absolute Gasteiger partial charge is 0.490 e. The number of Topliss-reactive ketones (excluding diaryl/α,β-unsaturated/α-hetero) is 1. The molecule has 100 valence electrons. The molecule has 0 fully saturated rings. The monoisotopic (exact) mass is 251 g/mol. The maximum absolute atomic E-state index is 12.0. The number of nitrogens with one attached hydrogen (secondary N) is 1. The van der Waals surface area contributed by atoms with Crippen molar-refractivity contribution in [2.45, 2.75) is 13.3 Å². The van der Waals surface area contributed by atoms with E-state index in [1.807, 2.05) is 25.1 Å². The minimum absolute atomic E-state index is 0.101. The number of ether oxygens (including phenoxy) is 2. The lowest BCUT2D eigenvalue weighted by molar-refractivity contribution is 0.0975. The Balaban J connectivity index is 2.59. The SMILES string of the molecule is CCNCCC(=O)c1ccccc1OCCOC. The molecule has 0 atom stereocenters. The van der Waals surface area contributed by atoms with Crippen LogP contribution >= 0.6 is 0 Å². The molecule has 18 heavy (non-hydrogen) atoms. The molecule has 0 radical (unpaired) electrons. The van der Waals surface area contributed by atoms with Crippen molar-refractivity contribution in [1.29, 1.82) is 0 Å². The first-order chi connectivity index (χ1) is 8.79. The first kappa shape index (κ1) is 14.7. The Labute approximate surface area is 108 Å². The van der Waals surface area contributed by atoms with E-state index in [9.17, 15) is 4.79 Å². The number of carbonyl (C=O) groups excluding carboxylic acids is 1. The maximum Gasteiger partial charge on any atom is 0.167 e. The van der Waals surface area contributed by atoms with Gasteiger partial charge in [0.2, 0.25) is 0 Å². The molecule has 0 unspecified atom stereocenters. The van der Waals surface area contributed by atoms with E-state index in [0.29, 0.717) is 37.5 Å². The van der Waals surface area contributed by atoms with E-state index in [0.717, 1.165) is 6.54 Å². The highest BCUT2D eigenvalue weighted by Crippen LogP contribution is 2.19. The molecule has 0 bridgehead atoms. The number of benzene rings is 1. The molecule has 1 aromatic rings. The quantitative estimate of drug-likeness (QED) is 0.538. The minimum atomic E-state index is 0.101. The number of para-hydroxylation sites is 1. The highest BCUT2D eigenvalue weighted by Gasteiger charge is 2.11. The summed E-state index contributed by atoms with van der Waals surface area (Å²) in [7, 11) is 1.62. The molecule has 0 aliphatic rings. The normalized spacial score (nSPS) is 10.3. The molecule has 0 aliphatic heterocycles. The molecule has 1 N–H and O–H groups in total. The Bertz CT molecular complexity index is 366. The fourth-order valence-corrected chi connectivity index (χ4v) is 1.57. The number of rotatable bonds is 9. The number of methoxy groups -OCH3 is 1. The molecule has 0 saturated carbocycles. The van der Waals surface area contributed by atoms with E-state index in [2.05, 4.69) is 5.32 Å². The average Bonchev–Trinajstić information content (AvgIpc) is 2.40. The second-order valence-electron chi connectivity index (χ2n) is 3.86. The third-order valence-electron chi connectivity index (χ3n) is 2.51. The van der Waals surface area contributed by atoms with E-state index in [-0.39, 0.29) is 5.78 Å². The van der Waals surface area contributed by atoms with Crippen LogP contribution in [-0.4, -0.2) is 39.2 Å². The van der Waals surface area contributed by atoms with Crippen molar-refractivity contribution < 1.29 is 14.3 Å². The highest BCUT2D eigenvalue weighted by molar-refractivity contribution is 5.98. The van der Waals surface area contributed by atoms with E-state index < -0.39 is 0 Å². The average molecular weight is 251 g/mol. The molecule has 0 heterocycles. The third kappa shape index (κ3) is 4.85. The van der Waals surface area contributed by atoms with Gasteiger partial charge in [0.15, 0.2) is 5.78 Å². The van der Waals surface area contributed by atoms with Gasteiger partial charge in [-0.2, -0.15) is 0 Å². The summed E-state index contributed by atoms with van der Waals surface area (Å²) in [5.41, 5.74) is 0.645. The van der Waals surface area contributed by atoms with Crippen molar-refractivity contribution in [3.63, 3.8) is 0 Å². The zero-order chi connectivity index (χ0) is 13.2. The molecule has 0 aliphatic carbocycles. The standard InChI is InChI=1S/C14H21NO3/c1-3-15-9-8-13(16)12-6-4-5-7-14(12)18-11-10-17-2/h4-7,15H,3,8-11H2,1-2H3. The van der Waals surface area contributed by atoms with Crippen LogP contribution in [0.15, 0.2) is 24.3 Å². The second kappa shape index (κ2) is 8.66. The van der Waals surface area contributed by atoms with Crippen LogP contribution in [0.1, 0.15) is 23.7 Å². The van der Waals surface area contributed by atoms with Crippen molar-refractivity contribution in [3.8, 4) is 5.75 Å². The van der Waals surface area contributed by atoms with Gasteiger partial charge in [0.05, 0.1) is 12.2 Å². The molecule has 1 rings (SSSR count). The minimum Gasteiger partial charge on any atom is -0.490 e. The highest BCUT2D eigenvalue weighted by atomic mass is 16.5. The Morgan fingerprint density at radius 1 is 1.28 bits per heavy atom. The fraction of sp³-hybridized carbons (Fsp3) is 0.500. The maximum atomic E-state index is 12.0. The Morgan fingerprint density at radius 3 is 2.78 bits per heavy atom. The molecule has 4 heteroatoms. The number of hydrogen-bond donors (Lipinski definition) is 1. The summed E-state index contributed by atoms with van der Waals surface area (Å²) in [6, 6.07) is 7.33. The second-order valence-corrected chi connectivity index (χ2v) is 3.86. The first-order valence-corrected chi connectivity index (χ1v) is 6.24. The van der Waals surface area contributed by atoms with E-state index in [1.54, 1.807) is 13.2 Å². The van der Waals surface area contributed by atoms with Gasteiger partial charge in [0.1, 0.15) is 12.4 Å². The van der Waals surface area contributed by atoms with Crippen LogP contribution < -0.4 is 10.1 Å². The molecule has 0 spiro atoms. The van der Waals surface area contributed by atoms with Crippen molar-refractivity contribution in [1.82, 2.24) is 5.32 Å².